The number of aromatic nitrogens is 1. The predicted molar refractivity (Wildman–Crippen MR) is 104 cm³/mol. The molecule has 3 rings (SSSR count). The molecule has 0 amide bonds. The van der Waals surface area contributed by atoms with Crippen LogP contribution in [0, 0.1) is 6.92 Å². The minimum Gasteiger partial charge on any atom is -0.462 e. The summed E-state index contributed by atoms with van der Waals surface area (Å²) in [6.45, 7) is 3.97. The fourth-order valence-corrected chi connectivity index (χ4v) is 3.95. The highest BCUT2D eigenvalue weighted by Gasteiger charge is 2.19. The van der Waals surface area contributed by atoms with Gasteiger partial charge in [0.2, 0.25) is 0 Å². The van der Waals surface area contributed by atoms with Crippen LogP contribution >= 0.6 is 0 Å². The Labute approximate surface area is 161 Å². The molecule has 0 unspecified atom stereocenters. The van der Waals surface area contributed by atoms with Crippen LogP contribution in [0.5, 0.6) is 0 Å². The maximum absolute atomic E-state index is 12.7. The normalized spacial score (nSPS) is 11.5. The summed E-state index contributed by atoms with van der Waals surface area (Å²) in [4.78, 5) is 25.7. The van der Waals surface area contributed by atoms with Gasteiger partial charge in [-0.3, -0.25) is 9.71 Å². The molecule has 0 radical (unpaired) electrons. The zero-order valence-electron chi connectivity index (χ0n) is 15.4. The molecule has 0 saturated carbocycles. The van der Waals surface area contributed by atoms with E-state index >= 15 is 0 Å². The van der Waals surface area contributed by atoms with Crippen molar-refractivity contribution < 1.29 is 22.4 Å². The molecule has 1 heterocycles. The molecule has 0 aliphatic carbocycles. The predicted octanol–water partition coefficient (Wildman–Crippen LogP) is 3.19. The Balaban J connectivity index is 1.80. The van der Waals surface area contributed by atoms with Crippen molar-refractivity contribution in [3.05, 3.63) is 58.1 Å². The van der Waals surface area contributed by atoms with Gasteiger partial charge < -0.3 is 9.15 Å². The number of unbranched alkanes of at least 4 members (excludes halogenated alkanes) is 1. The number of nitrogens with one attached hydrogen (secondary N) is 2. The summed E-state index contributed by atoms with van der Waals surface area (Å²) in [5.41, 5.74) is 1.66. The van der Waals surface area contributed by atoms with Crippen LogP contribution in [0.3, 0.4) is 0 Å². The van der Waals surface area contributed by atoms with Gasteiger partial charge in [0.05, 0.1) is 22.6 Å². The summed E-state index contributed by atoms with van der Waals surface area (Å²) < 4.78 is 38.0. The van der Waals surface area contributed by atoms with Crippen LogP contribution in [0.2, 0.25) is 0 Å². The van der Waals surface area contributed by atoms with Gasteiger partial charge in [0, 0.05) is 11.8 Å². The molecule has 28 heavy (non-hydrogen) atoms. The monoisotopic (exact) mass is 404 g/mol. The van der Waals surface area contributed by atoms with Crippen LogP contribution in [-0.2, 0) is 14.8 Å². The van der Waals surface area contributed by atoms with E-state index in [9.17, 15) is 18.0 Å². The van der Waals surface area contributed by atoms with Crippen molar-refractivity contribution in [1.82, 2.24) is 4.98 Å². The molecular formula is C19H20N2O6S. The van der Waals surface area contributed by atoms with Gasteiger partial charge in [0.1, 0.15) is 0 Å². The van der Waals surface area contributed by atoms with E-state index in [4.69, 9.17) is 9.15 Å². The molecule has 0 atom stereocenters. The summed E-state index contributed by atoms with van der Waals surface area (Å²) in [6, 6.07) is 8.78. The number of carbonyl (C=O) groups is 1. The lowest BCUT2D eigenvalue weighted by molar-refractivity contribution is 0.0500. The first-order chi connectivity index (χ1) is 13.3. The highest BCUT2D eigenvalue weighted by atomic mass is 32.2. The third-order valence-corrected chi connectivity index (χ3v) is 5.63. The van der Waals surface area contributed by atoms with E-state index < -0.39 is 21.7 Å². The second-order valence-electron chi connectivity index (χ2n) is 6.30. The van der Waals surface area contributed by atoms with E-state index in [1.54, 1.807) is 6.92 Å². The Hall–Kier alpha value is -3.07. The van der Waals surface area contributed by atoms with Crippen molar-refractivity contribution in [3.8, 4) is 0 Å². The summed E-state index contributed by atoms with van der Waals surface area (Å²) >= 11 is 0. The third kappa shape index (κ3) is 4.25. The summed E-state index contributed by atoms with van der Waals surface area (Å²) in [5, 5.41) is 0. The zero-order valence-corrected chi connectivity index (χ0v) is 16.3. The number of fused-ring (bicyclic) bond motifs is 1. The second-order valence-corrected chi connectivity index (χ2v) is 7.95. The smallest absolute Gasteiger partial charge is 0.417 e. The molecule has 8 nitrogen and oxygen atoms in total. The number of hydrogen-bond acceptors (Lipinski definition) is 6. The molecule has 1 aromatic heterocycles. The van der Waals surface area contributed by atoms with Gasteiger partial charge in [-0.05, 0) is 49.2 Å². The second kappa shape index (κ2) is 7.89. The minimum atomic E-state index is -3.92. The number of oxazole rings is 1. The van der Waals surface area contributed by atoms with Crippen LogP contribution in [-0.4, -0.2) is 26.0 Å². The van der Waals surface area contributed by atoms with Gasteiger partial charge in [-0.1, -0.05) is 13.3 Å². The first kappa shape index (κ1) is 19.7. The highest BCUT2D eigenvalue weighted by molar-refractivity contribution is 7.92. The van der Waals surface area contributed by atoms with E-state index in [1.807, 2.05) is 6.92 Å². The Kier molecular flexibility index (Phi) is 5.55. The number of esters is 1. The average Bonchev–Trinajstić information content (AvgIpc) is 3.00. The van der Waals surface area contributed by atoms with Crippen LogP contribution in [0.1, 0.15) is 35.7 Å². The van der Waals surface area contributed by atoms with E-state index in [2.05, 4.69) is 9.71 Å². The van der Waals surface area contributed by atoms with Crippen LogP contribution in [0.4, 0.5) is 5.69 Å². The molecule has 2 aromatic carbocycles. The molecular weight excluding hydrogens is 384 g/mol. The number of benzene rings is 2. The molecule has 2 N–H and O–H groups in total. The fourth-order valence-electron chi connectivity index (χ4n) is 2.65. The Morgan fingerprint density at radius 3 is 2.61 bits per heavy atom. The zero-order chi connectivity index (χ0) is 20.3. The van der Waals surface area contributed by atoms with Crippen LogP contribution in [0.25, 0.3) is 11.1 Å². The number of ether oxygens (including phenoxy) is 1. The van der Waals surface area contributed by atoms with Crippen molar-refractivity contribution in [2.24, 2.45) is 0 Å². The van der Waals surface area contributed by atoms with Gasteiger partial charge in [-0.25, -0.2) is 18.0 Å². The summed E-state index contributed by atoms with van der Waals surface area (Å²) in [7, 11) is -3.92. The lowest BCUT2D eigenvalue weighted by Gasteiger charge is -2.11. The first-order valence-electron chi connectivity index (χ1n) is 8.73. The van der Waals surface area contributed by atoms with Gasteiger partial charge >= 0.3 is 11.7 Å². The Morgan fingerprint density at radius 1 is 1.21 bits per heavy atom. The number of carbonyl (C=O) groups excluding carboxylic acids is 1. The number of H-pyrrole nitrogens is 1. The SMILES string of the molecule is CCCCOC(=O)c1ccc(NS(=O)(=O)c2cc3oc(=O)[nH]c3cc2C)cc1. The standard InChI is InChI=1S/C19H20N2O6S/c1-3-4-9-26-18(22)13-5-7-14(8-6-13)21-28(24,25)17-11-16-15(10-12(17)2)20-19(23)27-16/h5-8,10-11,21H,3-4,9H2,1-2H3,(H,20,23). The molecule has 9 heteroatoms. The van der Waals surface area contributed by atoms with Gasteiger partial charge in [-0.15, -0.1) is 0 Å². The fraction of sp³-hybridized carbons (Fsp3) is 0.263. The van der Waals surface area contributed by atoms with Crippen molar-refractivity contribution in [1.29, 1.82) is 0 Å². The van der Waals surface area contributed by atoms with E-state index in [1.165, 1.54) is 36.4 Å². The number of rotatable bonds is 7. The number of aryl methyl sites for hydroxylation is 1. The molecule has 0 spiro atoms. The molecule has 0 saturated heterocycles. The molecule has 0 aliphatic heterocycles. The van der Waals surface area contributed by atoms with Gasteiger partial charge in [0.15, 0.2) is 5.58 Å². The maximum atomic E-state index is 12.7. The largest absolute Gasteiger partial charge is 0.462 e. The first-order valence-corrected chi connectivity index (χ1v) is 10.2. The van der Waals surface area contributed by atoms with E-state index in [-0.39, 0.29) is 10.5 Å². The molecule has 0 bridgehead atoms. The Morgan fingerprint density at radius 2 is 1.93 bits per heavy atom. The molecule has 0 aliphatic rings. The van der Waals surface area contributed by atoms with Crippen molar-refractivity contribution in [3.63, 3.8) is 0 Å². The van der Waals surface area contributed by atoms with Crippen LogP contribution < -0.4 is 10.5 Å². The van der Waals surface area contributed by atoms with Gasteiger partial charge in [-0.2, -0.15) is 0 Å². The maximum Gasteiger partial charge on any atom is 0.417 e. The average molecular weight is 404 g/mol. The summed E-state index contributed by atoms with van der Waals surface area (Å²) in [5.74, 6) is -1.11. The van der Waals surface area contributed by atoms with Crippen molar-refractivity contribution >= 4 is 32.8 Å². The minimum absolute atomic E-state index is 0.00852. The molecule has 148 valence electrons. The van der Waals surface area contributed by atoms with Gasteiger partial charge in [0.25, 0.3) is 10.0 Å². The number of sulfonamides is 1. The third-order valence-electron chi connectivity index (χ3n) is 4.11. The highest BCUT2D eigenvalue weighted by Crippen LogP contribution is 2.24. The Bertz CT molecular complexity index is 1160. The van der Waals surface area contributed by atoms with Crippen LogP contribution in [0.15, 0.2) is 50.5 Å². The number of aromatic amines is 1. The lowest BCUT2D eigenvalue weighted by Crippen LogP contribution is -2.14. The van der Waals surface area contributed by atoms with Crippen molar-refractivity contribution in [2.45, 2.75) is 31.6 Å². The van der Waals surface area contributed by atoms with Crippen molar-refractivity contribution in [2.75, 3.05) is 11.3 Å². The molecule has 0 fully saturated rings. The number of anilines is 1. The van der Waals surface area contributed by atoms with E-state index in [0.717, 1.165) is 12.8 Å². The molecule has 3 aromatic rings. The van der Waals surface area contributed by atoms with E-state index in [0.29, 0.717) is 28.9 Å². The quantitative estimate of drug-likeness (QED) is 0.461. The number of hydrogen-bond donors (Lipinski definition) is 2. The topological polar surface area (TPSA) is 118 Å². The lowest BCUT2D eigenvalue weighted by atomic mass is 10.2. The summed E-state index contributed by atoms with van der Waals surface area (Å²) in [6.07, 6.45) is 1.71.